The SMILES string of the molecule is Cc1ccc2cc(CCC(=O)N3CCN(c4ncccn4)CC3)c(=O)[nH]c2c1C. The first-order valence-electron chi connectivity index (χ1n) is 9.95. The van der Waals surface area contributed by atoms with E-state index in [2.05, 4.69) is 25.9 Å². The van der Waals surface area contributed by atoms with Crippen molar-refractivity contribution in [3.05, 3.63) is 63.7 Å². The normalized spacial score (nSPS) is 14.4. The van der Waals surface area contributed by atoms with Crippen LogP contribution in [0.5, 0.6) is 0 Å². The van der Waals surface area contributed by atoms with E-state index in [1.807, 2.05) is 30.9 Å². The Kier molecular flexibility index (Phi) is 5.29. The lowest BCUT2D eigenvalue weighted by molar-refractivity contribution is -0.131. The summed E-state index contributed by atoms with van der Waals surface area (Å²) >= 11 is 0. The van der Waals surface area contributed by atoms with E-state index in [9.17, 15) is 9.59 Å². The summed E-state index contributed by atoms with van der Waals surface area (Å²) in [6.45, 7) is 6.75. The molecule has 7 nitrogen and oxygen atoms in total. The van der Waals surface area contributed by atoms with Gasteiger partial charge in [-0.1, -0.05) is 12.1 Å². The summed E-state index contributed by atoms with van der Waals surface area (Å²) in [5.74, 6) is 0.783. The second-order valence-electron chi connectivity index (χ2n) is 7.51. The Morgan fingerprint density at radius 3 is 2.55 bits per heavy atom. The van der Waals surface area contributed by atoms with Gasteiger partial charge < -0.3 is 14.8 Å². The highest BCUT2D eigenvalue weighted by molar-refractivity contribution is 5.83. The number of amides is 1. The van der Waals surface area contributed by atoms with E-state index < -0.39 is 0 Å². The summed E-state index contributed by atoms with van der Waals surface area (Å²) in [5.41, 5.74) is 3.67. The zero-order valence-electron chi connectivity index (χ0n) is 16.8. The van der Waals surface area contributed by atoms with Gasteiger partial charge in [-0.25, -0.2) is 9.97 Å². The van der Waals surface area contributed by atoms with Crippen molar-refractivity contribution in [3.63, 3.8) is 0 Å². The number of carbonyl (C=O) groups is 1. The maximum absolute atomic E-state index is 12.7. The molecule has 1 N–H and O–H groups in total. The predicted molar refractivity (Wildman–Crippen MR) is 113 cm³/mol. The molecule has 1 fully saturated rings. The Balaban J connectivity index is 1.38. The van der Waals surface area contributed by atoms with Crippen LogP contribution in [-0.4, -0.2) is 51.9 Å². The maximum Gasteiger partial charge on any atom is 0.251 e. The highest BCUT2D eigenvalue weighted by atomic mass is 16.2. The standard InChI is InChI=1S/C22H25N5O2/c1-15-4-5-17-14-18(21(29)25-20(17)16(15)2)6-7-19(28)26-10-12-27(13-11-26)22-23-8-3-9-24-22/h3-5,8-9,14H,6-7,10-13H2,1-2H3,(H,25,29). The Morgan fingerprint density at radius 1 is 1.10 bits per heavy atom. The molecule has 7 heteroatoms. The van der Waals surface area contributed by atoms with Crippen molar-refractivity contribution >= 4 is 22.8 Å². The fourth-order valence-corrected chi connectivity index (χ4v) is 3.77. The van der Waals surface area contributed by atoms with Crippen molar-refractivity contribution in [1.29, 1.82) is 0 Å². The molecular formula is C22H25N5O2. The largest absolute Gasteiger partial charge is 0.339 e. The lowest BCUT2D eigenvalue weighted by Gasteiger charge is -2.34. The van der Waals surface area contributed by atoms with Crippen LogP contribution in [0.3, 0.4) is 0 Å². The number of aromatic amines is 1. The molecule has 0 aliphatic carbocycles. The second-order valence-corrected chi connectivity index (χ2v) is 7.51. The van der Waals surface area contributed by atoms with Gasteiger partial charge in [-0.05, 0) is 48.9 Å². The molecule has 0 saturated carbocycles. The van der Waals surface area contributed by atoms with Crippen LogP contribution in [0.25, 0.3) is 10.9 Å². The molecule has 1 aliphatic heterocycles. The number of hydrogen-bond acceptors (Lipinski definition) is 5. The highest BCUT2D eigenvalue weighted by Crippen LogP contribution is 2.19. The number of nitrogens with one attached hydrogen (secondary N) is 1. The predicted octanol–water partition coefficient (Wildman–Crippen LogP) is 2.22. The van der Waals surface area contributed by atoms with E-state index in [1.165, 1.54) is 0 Å². The number of benzene rings is 1. The van der Waals surface area contributed by atoms with Crippen LogP contribution in [0.15, 0.2) is 41.5 Å². The minimum atomic E-state index is -0.106. The van der Waals surface area contributed by atoms with Gasteiger partial charge in [0.15, 0.2) is 0 Å². The van der Waals surface area contributed by atoms with Crippen LogP contribution in [0.2, 0.25) is 0 Å². The summed E-state index contributed by atoms with van der Waals surface area (Å²) in [5, 5.41) is 1.01. The first kappa shape index (κ1) is 19.1. The lowest BCUT2D eigenvalue weighted by Crippen LogP contribution is -2.49. The van der Waals surface area contributed by atoms with E-state index >= 15 is 0 Å². The Labute approximate surface area is 169 Å². The third-order valence-electron chi connectivity index (χ3n) is 5.70. The minimum absolute atomic E-state index is 0.0817. The van der Waals surface area contributed by atoms with Gasteiger partial charge in [-0.2, -0.15) is 0 Å². The van der Waals surface area contributed by atoms with Crippen LogP contribution in [-0.2, 0) is 11.2 Å². The fourth-order valence-electron chi connectivity index (χ4n) is 3.77. The number of pyridine rings is 1. The van der Waals surface area contributed by atoms with Crippen molar-refractivity contribution < 1.29 is 4.79 Å². The topological polar surface area (TPSA) is 82.2 Å². The summed E-state index contributed by atoms with van der Waals surface area (Å²) in [6, 6.07) is 7.78. The first-order chi connectivity index (χ1) is 14.0. The molecule has 0 bridgehead atoms. The van der Waals surface area contributed by atoms with E-state index in [-0.39, 0.29) is 11.5 Å². The van der Waals surface area contributed by atoms with Crippen LogP contribution < -0.4 is 10.5 Å². The van der Waals surface area contributed by atoms with Gasteiger partial charge >= 0.3 is 0 Å². The average Bonchev–Trinajstić information content (AvgIpc) is 2.76. The third kappa shape index (κ3) is 3.99. The van der Waals surface area contributed by atoms with Gasteiger partial charge in [0.1, 0.15) is 0 Å². The molecule has 1 aromatic carbocycles. The van der Waals surface area contributed by atoms with Crippen molar-refractivity contribution in [3.8, 4) is 0 Å². The van der Waals surface area contributed by atoms with Gasteiger partial charge in [0.05, 0.1) is 5.52 Å². The number of H-pyrrole nitrogens is 1. The molecule has 150 valence electrons. The molecule has 0 atom stereocenters. The van der Waals surface area contributed by atoms with Crippen molar-refractivity contribution in [1.82, 2.24) is 19.9 Å². The Bertz CT molecular complexity index is 1090. The summed E-state index contributed by atoms with van der Waals surface area (Å²) in [7, 11) is 0. The van der Waals surface area contributed by atoms with E-state index in [0.717, 1.165) is 22.0 Å². The molecule has 1 aliphatic rings. The number of rotatable bonds is 4. The third-order valence-corrected chi connectivity index (χ3v) is 5.70. The van der Waals surface area contributed by atoms with Crippen molar-refractivity contribution in [2.45, 2.75) is 26.7 Å². The van der Waals surface area contributed by atoms with Gasteiger partial charge in [0.25, 0.3) is 5.56 Å². The maximum atomic E-state index is 12.7. The molecule has 4 rings (SSSR count). The van der Waals surface area contributed by atoms with Crippen LogP contribution in [0.4, 0.5) is 5.95 Å². The van der Waals surface area contributed by atoms with Crippen LogP contribution >= 0.6 is 0 Å². The van der Waals surface area contributed by atoms with E-state index in [4.69, 9.17) is 0 Å². The molecule has 0 radical (unpaired) electrons. The Morgan fingerprint density at radius 2 is 1.83 bits per heavy atom. The molecule has 3 heterocycles. The van der Waals surface area contributed by atoms with Crippen LogP contribution in [0, 0.1) is 13.8 Å². The zero-order valence-corrected chi connectivity index (χ0v) is 16.8. The molecule has 2 aromatic heterocycles. The van der Waals surface area contributed by atoms with Gasteiger partial charge in [-0.3, -0.25) is 9.59 Å². The first-order valence-corrected chi connectivity index (χ1v) is 9.95. The van der Waals surface area contributed by atoms with Crippen molar-refractivity contribution in [2.24, 2.45) is 0 Å². The van der Waals surface area contributed by atoms with Gasteiger partial charge in [-0.15, -0.1) is 0 Å². The molecule has 0 spiro atoms. The zero-order chi connectivity index (χ0) is 20.4. The molecular weight excluding hydrogens is 366 g/mol. The number of anilines is 1. The quantitative estimate of drug-likeness (QED) is 0.737. The number of aromatic nitrogens is 3. The fraction of sp³-hybridized carbons (Fsp3) is 0.364. The number of fused-ring (bicyclic) bond motifs is 1. The van der Waals surface area contributed by atoms with Crippen molar-refractivity contribution in [2.75, 3.05) is 31.1 Å². The lowest BCUT2D eigenvalue weighted by atomic mass is 10.0. The number of nitrogens with zero attached hydrogens (tertiary/aromatic N) is 4. The Hall–Kier alpha value is -3.22. The molecule has 1 saturated heterocycles. The molecule has 29 heavy (non-hydrogen) atoms. The van der Waals surface area contributed by atoms with Gasteiger partial charge in [0, 0.05) is 50.6 Å². The molecule has 1 amide bonds. The van der Waals surface area contributed by atoms with E-state index in [1.54, 1.807) is 18.5 Å². The number of carbonyl (C=O) groups excluding carboxylic acids is 1. The van der Waals surface area contributed by atoms with E-state index in [0.29, 0.717) is 50.5 Å². The summed E-state index contributed by atoms with van der Waals surface area (Å²) in [6.07, 6.45) is 4.23. The van der Waals surface area contributed by atoms with Crippen LogP contribution in [0.1, 0.15) is 23.1 Å². The number of piperazine rings is 1. The highest BCUT2D eigenvalue weighted by Gasteiger charge is 2.22. The summed E-state index contributed by atoms with van der Waals surface area (Å²) in [4.78, 5) is 40.6. The average molecular weight is 391 g/mol. The minimum Gasteiger partial charge on any atom is -0.339 e. The smallest absolute Gasteiger partial charge is 0.251 e. The summed E-state index contributed by atoms with van der Waals surface area (Å²) < 4.78 is 0. The monoisotopic (exact) mass is 391 g/mol. The number of hydrogen-bond donors (Lipinski definition) is 1. The second kappa shape index (κ2) is 8.03. The van der Waals surface area contributed by atoms with Gasteiger partial charge in [0.2, 0.25) is 11.9 Å². The molecule has 0 unspecified atom stereocenters. The molecule has 3 aromatic rings. The number of aryl methyl sites for hydroxylation is 3.